The highest BCUT2D eigenvalue weighted by molar-refractivity contribution is 7.89. The number of sulfonamides is 1. The Bertz CT molecular complexity index is 1350. The van der Waals surface area contributed by atoms with Gasteiger partial charge in [-0.25, -0.2) is 22.8 Å². The zero-order valence-corrected chi connectivity index (χ0v) is 18.4. The van der Waals surface area contributed by atoms with Gasteiger partial charge in [0.2, 0.25) is 10.0 Å². The van der Waals surface area contributed by atoms with Crippen molar-refractivity contribution >= 4 is 21.4 Å². The molecule has 0 bridgehead atoms. The first-order valence-corrected chi connectivity index (χ1v) is 11.9. The fraction of sp³-hybridized carbons (Fsp3) is 0.136. The van der Waals surface area contributed by atoms with E-state index in [9.17, 15) is 13.2 Å². The summed E-state index contributed by atoms with van der Waals surface area (Å²) in [6.45, 7) is 2.07. The molecule has 0 aliphatic rings. The van der Waals surface area contributed by atoms with E-state index in [2.05, 4.69) is 14.8 Å². The number of thiazole rings is 1. The van der Waals surface area contributed by atoms with E-state index < -0.39 is 10.0 Å². The van der Waals surface area contributed by atoms with Crippen molar-refractivity contribution in [2.75, 3.05) is 6.54 Å². The average Bonchev–Trinajstić information content (AvgIpc) is 3.18. The Morgan fingerprint density at radius 3 is 2.35 bits per heavy atom. The van der Waals surface area contributed by atoms with Gasteiger partial charge in [0, 0.05) is 18.2 Å². The summed E-state index contributed by atoms with van der Waals surface area (Å²) in [7, 11) is -3.64. The van der Waals surface area contributed by atoms with Gasteiger partial charge in [-0.2, -0.15) is 5.10 Å². The van der Waals surface area contributed by atoms with Crippen LogP contribution in [0.25, 0.3) is 21.1 Å². The van der Waals surface area contributed by atoms with Crippen LogP contribution in [0.1, 0.15) is 5.69 Å². The maximum absolute atomic E-state index is 12.4. The van der Waals surface area contributed by atoms with E-state index in [-0.39, 0.29) is 23.5 Å². The first-order valence-electron chi connectivity index (χ1n) is 9.60. The van der Waals surface area contributed by atoms with E-state index in [4.69, 9.17) is 0 Å². The third-order valence-electron chi connectivity index (χ3n) is 4.59. The number of aryl methyl sites for hydroxylation is 1. The van der Waals surface area contributed by atoms with Gasteiger partial charge in [-0.1, -0.05) is 48.5 Å². The van der Waals surface area contributed by atoms with Gasteiger partial charge in [-0.15, -0.1) is 11.3 Å². The highest BCUT2D eigenvalue weighted by atomic mass is 32.2. The minimum absolute atomic E-state index is 0.0462. The zero-order chi connectivity index (χ0) is 21.8. The highest BCUT2D eigenvalue weighted by Gasteiger charge is 2.15. The van der Waals surface area contributed by atoms with Crippen LogP contribution in [-0.4, -0.2) is 29.7 Å². The molecule has 2 aromatic carbocycles. The van der Waals surface area contributed by atoms with Gasteiger partial charge in [-0.05, 0) is 25.1 Å². The van der Waals surface area contributed by atoms with Crippen LogP contribution >= 0.6 is 11.3 Å². The maximum Gasteiger partial charge on any atom is 0.266 e. The summed E-state index contributed by atoms with van der Waals surface area (Å²) in [6, 6.07) is 21.1. The van der Waals surface area contributed by atoms with E-state index in [0.717, 1.165) is 21.1 Å². The Balaban J connectivity index is 1.53. The van der Waals surface area contributed by atoms with E-state index in [1.54, 1.807) is 24.3 Å². The van der Waals surface area contributed by atoms with Crippen LogP contribution in [0.2, 0.25) is 0 Å². The van der Waals surface area contributed by atoms with Crippen LogP contribution in [0, 0.1) is 6.92 Å². The molecule has 7 nitrogen and oxygen atoms in total. The number of hydrogen-bond donors (Lipinski definition) is 1. The summed E-state index contributed by atoms with van der Waals surface area (Å²) in [5.74, 6) is 0. The SMILES string of the molecule is Cc1nc(-c2ccccc2)sc1-c1ccc(=O)n(CCNS(=O)(=O)c2ccccc2)n1. The topological polar surface area (TPSA) is 94.0 Å². The molecule has 0 fully saturated rings. The fourth-order valence-electron chi connectivity index (χ4n) is 3.04. The van der Waals surface area contributed by atoms with Crippen molar-refractivity contribution in [2.24, 2.45) is 0 Å². The first-order chi connectivity index (χ1) is 14.9. The van der Waals surface area contributed by atoms with Crippen molar-refractivity contribution in [3.05, 3.63) is 88.8 Å². The molecule has 31 heavy (non-hydrogen) atoms. The summed E-state index contributed by atoms with van der Waals surface area (Å²) < 4.78 is 28.5. The second-order valence-electron chi connectivity index (χ2n) is 6.79. The van der Waals surface area contributed by atoms with E-state index in [0.29, 0.717) is 5.69 Å². The largest absolute Gasteiger partial charge is 0.268 e. The summed E-state index contributed by atoms with van der Waals surface area (Å²) in [5, 5.41) is 5.32. The molecule has 0 aliphatic heterocycles. The predicted octanol–water partition coefficient (Wildman–Crippen LogP) is 3.32. The molecular weight excluding hydrogens is 432 g/mol. The second-order valence-corrected chi connectivity index (χ2v) is 9.56. The standard InChI is InChI=1S/C22H20N4O3S2/c1-16-21(30-22(24-16)17-8-4-2-5-9-17)19-12-13-20(27)26(25-19)15-14-23-31(28,29)18-10-6-3-7-11-18/h2-13,23H,14-15H2,1H3. The lowest BCUT2D eigenvalue weighted by molar-refractivity contribution is 0.549. The summed E-state index contributed by atoms with van der Waals surface area (Å²) in [4.78, 5) is 17.9. The second kappa shape index (κ2) is 8.93. The number of nitrogens with zero attached hydrogens (tertiary/aromatic N) is 3. The van der Waals surface area contributed by atoms with Gasteiger partial charge in [0.1, 0.15) is 10.7 Å². The molecule has 0 atom stereocenters. The lowest BCUT2D eigenvalue weighted by Crippen LogP contribution is -2.32. The number of benzene rings is 2. The molecule has 1 N–H and O–H groups in total. The van der Waals surface area contributed by atoms with Gasteiger partial charge >= 0.3 is 0 Å². The fourth-order valence-corrected chi connectivity index (χ4v) is 5.12. The van der Waals surface area contributed by atoms with Gasteiger partial charge in [0.15, 0.2) is 0 Å². The highest BCUT2D eigenvalue weighted by Crippen LogP contribution is 2.33. The molecule has 9 heteroatoms. The van der Waals surface area contributed by atoms with Crippen LogP contribution in [0.3, 0.4) is 0 Å². The van der Waals surface area contributed by atoms with Crippen LogP contribution in [-0.2, 0) is 16.6 Å². The lowest BCUT2D eigenvalue weighted by Gasteiger charge is -2.09. The zero-order valence-electron chi connectivity index (χ0n) is 16.7. The monoisotopic (exact) mass is 452 g/mol. The Kier molecular flexibility index (Phi) is 6.08. The van der Waals surface area contributed by atoms with E-state index in [1.807, 2.05) is 37.3 Å². The third-order valence-corrected chi connectivity index (χ3v) is 7.29. The van der Waals surface area contributed by atoms with Gasteiger partial charge in [0.05, 0.1) is 22.0 Å². The van der Waals surface area contributed by atoms with Crippen molar-refractivity contribution in [3.63, 3.8) is 0 Å². The number of nitrogens with one attached hydrogen (secondary N) is 1. The lowest BCUT2D eigenvalue weighted by atomic mass is 10.2. The molecule has 0 aliphatic carbocycles. The molecule has 0 saturated carbocycles. The van der Waals surface area contributed by atoms with Gasteiger partial charge in [-0.3, -0.25) is 4.79 Å². The van der Waals surface area contributed by atoms with Gasteiger partial charge in [0.25, 0.3) is 5.56 Å². The van der Waals surface area contributed by atoms with E-state index >= 15 is 0 Å². The summed E-state index contributed by atoms with van der Waals surface area (Å²) in [5.41, 5.74) is 2.17. The number of hydrogen-bond acceptors (Lipinski definition) is 6. The van der Waals surface area contributed by atoms with Crippen molar-refractivity contribution in [3.8, 4) is 21.1 Å². The maximum atomic E-state index is 12.4. The minimum Gasteiger partial charge on any atom is -0.268 e. The van der Waals surface area contributed by atoms with Gasteiger partial charge < -0.3 is 0 Å². The smallest absolute Gasteiger partial charge is 0.266 e. The molecule has 0 unspecified atom stereocenters. The minimum atomic E-state index is -3.64. The van der Waals surface area contributed by atoms with E-state index in [1.165, 1.54) is 34.2 Å². The molecule has 0 saturated heterocycles. The van der Waals surface area contributed by atoms with Crippen LogP contribution in [0.15, 0.2) is 82.5 Å². The molecule has 4 rings (SSSR count). The Morgan fingerprint density at radius 2 is 1.65 bits per heavy atom. The van der Waals surface area contributed by atoms with Crippen LogP contribution < -0.4 is 10.3 Å². The normalized spacial score (nSPS) is 11.5. The van der Waals surface area contributed by atoms with Crippen molar-refractivity contribution in [1.29, 1.82) is 0 Å². The molecule has 0 amide bonds. The number of rotatable bonds is 7. The molecule has 158 valence electrons. The Hall–Kier alpha value is -3.14. The average molecular weight is 453 g/mol. The summed E-state index contributed by atoms with van der Waals surface area (Å²) in [6.07, 6.45) is 0. The Morgan fingerprint density at radius 1 is 0.968 bits per heavy atom. The van der Waals surface area contributed by atoms with Crippen LogP contribution in [0.4, 0.5) is 0 Å². The molecule has 4 aromatic rings. The van der Waals surface area contributed by atoms with Crippen molar-refractivity contribution in [2.45, 2.75) is 18.4 Å². The molecule has 0 spiro atoms. The molecule has 2 heterocycles. The quantitative estimate of drug-likeness (QED) is 0.464. The Labute approximate surface area is 184 Å². The number of aromatic nitrogens is 3. The predicted molar refractivity (Wildman–Crippen MR) is 121 cm³/mol. The molecular formula is C22H20N4O3S2. The first kappa shape index (κ1) is 21.1. The molecule has 2 aromatic heterocycles. The van der Waals surface area contributed by atoms with Crippen LogP contribution in [0.5, 0.6) is 0 Å². The third kappa shape index (κ3) is 4.79. The van der Waals surface area contributed by atoms with Crippen molar-refractivity contribution < 1.29 is 8.42 Å². The van der Waals surface area contributed by atoms with Crippen molar-refractivity contribution in [1.82, 2.24) is 19.5 Å². The summed E-state index contributed by atoms with van der Waals surface area (Å²) >= 11 is 1.51. The molecule has 0 radical (unpaired) electrons.